The number of hydrogen-bond acceptors (Lipinski definition) is 14. The van der Waals surface area contributed by atoms with Crippen LogP contribution in [0.3, 0.4) is 0 Å². The second-order valence-electron chi connectivity index (χ2n) is 13.7. The monoisotopic (exact) mass is 680 g/mol. The summed E-state index contributed by atoms with van der Waals surface area (Å²) in [7, 11) is 0. The first-order chi connectivity index (χ1) is 23.1. The van der Waals surface area contributed by atoms with Crippen LogP contribution in [0.25, 0.3) is 0 Å². The summed E-state index contributed by atoms with van der Waals surface area (Å²) in [6.07, 6.45) is 11.3. The normalized spacial score (nSPS) is 31.0. The van der Waals surface area contributed by atoms with E-state index >= 15 is 0 Å². The molecule has 0 aliphatic heterocycles. The lowest BCUT2D eigenvalue weighted by Gasteiger charge is -2.39. The number of unbranched alkanes of at least 4 members (excludes halogenated alkanes) is 7. The van der Waals surface area contributed by atoms with Crippen LogP contribution in [0.15, 0.2) is 12.4 Å². The van der Waals surface area contributed by atoms with E-state index in [1.54, 1.807) is 0 Å². The maximum absolute atomic E-state index is 10.2. The number of nitrogens with zero attached hydrogens (tertiary/aromatic N) is 6. The zero-order chi connectivity index (χ0) is 34.5. The van der Waals surface area contributed by atoms with E-state index < -0.39 is 48.7 Å². The Morgan fingerprint density at radius 3 is 1.35 bits per heavy atom. The maximum Gasteiger partial charge on any atom is 0.109 e. The Kier molecular flexibility index (Phi) is 16.0. The molecule has 274 valence electrons. The van der Waals surface area contributed by atoms with Crippen molar-refractivity contribution in [3.05, 3.63) is 23.8 Å². The van der Waals surface area contributed by atoms with Crippen LogP contribution in [-0.4, -0.2) is 124 Å². The number of aromatic nitrogens is 6. The molecule has 0 spiro atoms. The Morgan fingerprint density at radius 1 is 0.542 bits per heavy atom. The largest absolute Gasteiger partial charge is 0.389 e. The lowest BCUT2D eigenvalue weighted by molar-refractivity contribution is -0.127. The standard InChI is InChI=1S/C32H60N10O6/c33-23-17-25(35)31(29(45)27(23)43)47-15-9-5-11-21-19-41(39-37-21)13-7-3-1-2-4-8-14-42-20-22(38-40-42)12-6-10-16-48-32-26(36)18-24(34)28(44)30(32)46/h19-20,23-32,43-46H,1-18,33-36H2/t23-,24-,25+,26+,27+,28+,29-,30-,31-,32-/m1/s1. The molecular formula is C32H60N10O6. The van der Waals surface area contributed by atoms with Gasteiger partial charge in [0, 0.05) is 62.9 Å². The van der Waals surface area contributed by atoms with Gasteiger partial charge in [0.2, 0.25) is 0 Å². The van der Waals surface area contributed by atoms with Crippen molar-refractivity contribution in [2.45, 2.75) is 164 Å². The summed E-state index contributed by atoms with van der Waals surface area (Å²) < 4.78 is 15.4. The molecule has 12 N–H and O–H groups in total. The second kappa shape index (κ2) is 19.9. The van der Waals surface area contributed by atoms with Crippen molar-refractivity contribution in [3.8, 4) is 0 Å². The first kappa shape index (κ1) is 38.7. The molecule has 2 aromatic heterocycles. The predicted molar refractivity (Wildman–Crippen MR) is 178 cm³/mol. The Balaban J connectivity index is 0.958. The van der Waals surface area contributed by atoms with E-state index in [4.69, 9.17) is 32.4 Å². The van der Waals surface area contributed by atoms with Gasteiger partial charge >= 0.3 is 0 Å². The fourth-order valence-corrected chi connectivity index (χ4v) is 6.66. The van der Waals surface area contributed by atoms with Gasteiger partial charge in [-0.05, 0) is 64.2 Å². The number of aliphatic hydroxyl groups is 4. The molecule has 16 heteroatoms. The number of aryl methyl sites for hydroxylation is 4. The van der Waals surface area contributed by atoms with E-state index in [2.05, 4.69) is 20.6 Å². The van der Waals surface area contributed by atoms with Crippen molar-refractivity contribution in [3.63, 3.8) is 0 Å². The van der Waals surface area contributed by atoms with Crippen LogP contribution in [0.5, 0.6) is 0 Å². The zero-order valence-electron chi connectivity index (χ0n) is 28.3. The average molecular weight is 681 g/mol. The van der Waals surface area contributed by atoms with Gasteiger partial charge < -0.3 is 52.8 Å². The van der Waals surface area contributed by atoms with Crippen LogP contribution in [-0.2, 0) is 35.4 Å². The summed E-state index contributed by atoms with van der Waals surface area (Å²) in [4.78, 5) is 0. The second-order valence-corrected chi connectivity index (χ2v) is 13.7. The van der Waals surface area contributed by atoms with Crippen LogP contribution in [0, 0.1) is 0 Å². The van der Waals surface area contributed by atoms with Gasteiger partial charge in [-0.1, -0.05) is 36.1 Å². The van der Waals surface area contributed by atoms with Crippen molar-refractivity contribution >= 4 is 0 Å². The van der Waals surface area contributed by atoms with Crippen molar-refractivity contribution < 1.29 is 29.9 Å². The van der Waals surface area contributed by atoms with Gasteiger partial charge in [-0.3, -0.25) is 9.36 Å². The number of hydrogen-bond donors (Lipinski definition) is 8. The molecule has 48 heavy (non-hydrogen) atoms. The Morgan fingerprint density at radius 2 is 0.938 bits per heavy atom. The highest BCUT2D eigenvalue weighted by Crippen LogP contribution is 2.22. The lowest BCUT2D eigenvalue weighted by atomic mass is 9.85. The predicted octanol–water partition coefficient (Wildman–Crippen LogP) is -1.11. The van der Waals surface area contributed by atoms with Crippen LogP contribution in [0.2, 0.25) is 0 Å². The van der Waals surface area contributed by atoms with Gasteiger partial charge in [-0.25, -0.2) is 0 Å². The summed E-state index contributed by atoms with van der Waals surface area (Å²) >= 11 is 0. The third kappa shape index (κ3) is 11.7. The lowest BCUT2D eigenvalue weighted by Crippen LogP contribution is -2.62. The highest BCUT2D eigenvalue weighted by molar-refractivity contribution is 4.99. The molecule has 2 aromatic rings. The van der Waals surface area contributed by atoms with E-state index in [9.17, 15) is 20.4 Å². The SMILES string of the molecule is N[C@@H]1C[C@H](N)[C@@H](OCCCCc2cn(CCCCCCCCn3cc(CCCCO[C@H]4[C@H](O)[C@@H](O)[C@H](N)C[C@@H]4N)nn3)nn2)[C@H](O)[C@H]1O. The average Bonchev–Trinajstić information content (AvgIpc) is 3.72. The van der Waals surface area contributed by atoms with Crippen molar-refractivity contribution in [1.29, 1.82) is 0 Å². The van der Waals surface area contributed by atoms with Crippen LogP contribution in [0.4, 0.5) is 0 Å². The summed E-state index contributed by atoms with van der Waals surface area (Å²) in [5.74, 6) is 0. The molecule has 16 nitrogen and oxygen atoms in total. The molecule has 10 atom stereocenters. The van der Waals surface area contributed by atoms with Crippen LogP contribution in [0.1, 0.15) is 88.4 Å². The summed E-state index contributed by atoms with van der Waals surface area (Å²) in [5, 5.41) is 57.5. The van der Waals surface area contributed by atoms with E-state index in [0.717, 1.165) is 88.7 Å². The molecule has 0 saturated heterocycles. The Bertz CT molecular complexity index is 1080. The summed E-state index contributed by atoms with van der Waals surface area (Å²) in [6, 6.07) is -1.82. The van der Waals surface area contributed by atoms with E-state index in [-0.39, 0.29) is 12.1 Å². The fraction of sp³-hybridized carbons (Fsp3) is 0.875. The first-order valence-electron chi connectivity index (χ1n) is 17.9. The van der Waals surface area contributed by atoms with Crippen molar-refractivity contribution in [2.24, 2.45) is 22.9 Å². The molecule has 4 rings (SSSR count). The van der Waals surface area contributed by atoms with Crippen molar-refractivity contribution in [2.75, 3.05) is 13.2 Å². The summed E-state index contributed by atoms with van der Waals surface area (Å²) in [6.45, 7) is 2.63. The van der Waals surface area contributed by atoms with E-state index in [1.165, 1.54) is 12.8 Å². The van der Waals surface area contributed by atoms with Gasteiger partial charge in [0.15, 0.2) is 0 Å². The van der Waals surface area contributed by atoms with Crippen molar-refractivity contribution in [1.82, 2.24) is 30.0 Å². The number of aliphatic hydroxyl groups excluding tert-OH is 4. The van der Waals surface area contributed by atoms with Gasteiger partial charge in [-0.2, -0.15) is 0 Å². The van der Waals surface area contributed by atoms with Crippen LogP contribution >= 0.6 is 0 Å². The number of nitrogens with two attached hydrogens (primary N) is 4. The third-order valence-corrected chi connectivity index (χ3v) is 9.65. The minimum absolute atomic E-state index is 0.384. The Labute approximate surface area is 283 Å². The number of rotatable bonds is 21. The van der Waals surface area contributed by atoms with Gasteiger partial charge in [0.25, 0.3) is 0 Å². The molecule has 0 amide bonds. The molecule has 2 aliphatic carbocycles. The molecule has 2 aliphatic rings. The Hall–Kier alpha value is -2.12. The first-order valence-corrected chi connectivity index (χ1v) is 17.9. The molecule has 0 radical (unpaired) electrons. The highest BCUT2D eigenvalue weighted by Gasteiger charge is 2.42. The minimum Gasteiger partial charge on any atom is -0.389 e. The van der Waals surface area contributed by atoms with E-state index in [1.807, 2.05) is 21.8 Å². The molecule has 0 bridgehead atoms. The minimum atomic E-state index is -1.06. The molecule has 2 saturated carbocycles. The smallest absolute Gasteiger partial charge is 0.109 e. The molecule has 2 heterocycles. The summed E-state index contributed by atoms with van der Waals surface area (Å²) in [5.41, 5.74) is 25.7. The topological polar surface area (TPSA) is 265 Å². The zero-order valence-corrected chi connectivity index (χ0v) is 28.3. The van der Waals surface area contributed by atoms with Gasteiger partial charge in [0.05, 0.1) is 23.6 Å². The van der Waals surface area contributed by atoms with E-state index in [0.29, 0.717) is 26.1 Å². The molecule has 0 aromatic carbocycles. The quantitative estimate of drug-likeness (QED) is 0.0727. The molecule has 0 unspecified atom stereocenters. The fourth-order valence-electron chi connectivity index (χ4n) is 6.66. The third-order valence-electron chi connectivity index (χ3n) is 9.65. The molecule has 2 fully saturated rings. The van der Waals surface area contributed by atoms with Gasteiger partial charge in [-0.15, -0.1) is 10.2 Å². The maximum atomic E-state index is 10.2. The van der Waals surface area contributed by atoms with Gasteiger partial charge in [0.1, 0.15) is 24.4 Å². The number of ether oxygens (including phenoxy) is 2. The van der Waals surface area contributed by atoms with Crippen LogP contribution < -0.4 is 22.9 Å². The molecular weight excluding hydrogens is 620 g/mol. The highest BCUT2D eigenvalue weighted by atomic mass is 16.5.